The first-order valence-corrected chi connectivity index (χ1v) is 10.4. The maximum atomic E-state index is 13.1. The molecule has 0 saturated heterocycles. The lowest BCUT2D eigenvalue weighted by atomic mass is 10.0. The molecule has 1 amide bonds. The van der Waals surface area contributed by atoms with Gasteiger partial charge in [0.2, 0.25) is 5.89 Å². The smallest absolute Gasteiger partial charge is 0.437 e. The molecule has 0 aliphatic carbocycles. The molecule has 0 bridgehead atoms. The van der Waals surface area contributed by atoms with E-state index >= 15 is 0 Å². The number of anilines is 1. The fourth-order valence-electron chi connectivity index (χ4n) is 3.23. The number of rotatable bonds is 8. The Balaban J connectivity index is 1.32. The van der Waals surface area contributed by atoms with Gasteiger partial charge in [-0.1, -0.05) is 48.5 Å². The van der Waals surface area contributed by atoms with Crippen molar-refractivity contribution in [3.8, 4) is 11.5 Å². The molecule has 1 heterocycles. The van der Waals surface area contributed by atoms with Crippen molar-refractivity contribution in [1.82, 2.24) is 9.78 Å². The standard InChI is InChI=1S/C25H20FN3O5/c26-20-12-10-18(11-13-20)24-28-29(25(32)34-24)15-23(31)33-16-22(30)27-21-9-5-4-8-19(21)14-17-6-2-1-3-7-17/h1-13H,14-16H2,(H,27,30). The van der Waals surface area contributed by atoms with E-state index in [1.165, 1.54) is 24.3 Å². The van der Waals surface area contributed by atoms with E-state index in [2.05, 4.69) is 10.4 Å². The molecule has 4 aromatic rings. The normalized spacial score (nSPS) is 10.6. The van der Waals surface area contributed by atoms with E-state index in [1.807, 2.05) is 42.5 Å². The van der Waals surface area contributed by atoms with Crippen LogP contribution in [0.1, 0.15) is 11.1 Å². The van der Waals surface area contributed by atoms with Crippen LogP contribution in [0.4, 0.5) is 10.1 Å². The number of ether oxygens (including phenoxy) is 1. The Morgan fingerprint density at radius 3 is 2.44 bits per heavy atom. The number of halogens is 1. The summed E-state index contributed by atoms with van der Waals surface area (Å²) in [6.07, 6.45) is 0.628. The van der Waals surface area contributed by atoms with Gasteiger partial charge in [0.15, 0.2) is 6.61 Å². The summed E-state index contributed by atoms with van der Waals surface area (Å²) in [5.74, 6) is -2.75. The summed E-state index contributed by atoms with van der Waals surface area (Å²) in [4.78, 5) is 36.4. The molecule has 1 aromatic heterocycles. The third-order valence-electron chi connectivity index (χ3n) is 4.87. The van der Waals surface area contributed by atoms with Gasteiger partial charge in [-0.25, -0.2) is 9.18 Å². The van der Waals surface area contributed by atoms with Gasteiger partial charge < -0.3 is 14.5 Å². The van der Waals surface area contributed by atoms with Gasteiger partial charge in [0.1, 0.15) is 12.4 Å². The van der Waals surface area contributed by atoms with Gasteiger partial charge in [0.05, 0.1) is 0 Å². The number of amides is 1. The van der Waals surface area contributed by atoms with Crippen molar-refractivity contribution >= 4 is 17.6 Å². The Labute approximate surface area is 193 Å². The lowest BCUT2D eigenvalue weighted by Crippen LogP contribution is -2.26. The molecule has 0 aliphatic heterocycles. The summed E-state index contributed by atoms with van der Waals surface area (Å²) >= 11 is 0. The third kappa shape index (κ3) is 5.83. The maximum Gasteiger partial charge on any atom is 0.437 e. The minimum absolute atomic E-state index is 0.0643. The first kappa shape index (κ1) is 22.7. The van der Waals surface area contributed by atoms with E-state index in [1.54, 1.807) is 12.1 Å². The van der Waals surface area contributed by atoms with Gasteiger partial charge in [-0.2, -0.15) is 4.68 Å². The molecule has 0 saturated carbocycles. The van der Waals surface area contributed by atoms with Crippen molar-refractivity contribution in [2.45, 2.75) is 13.0 Å². The second kappa shape index (κ2) is 10.4. The number of hydrogen-bond acceptors (Lipinski definition) is 6. The van der Waals surface area contributed by atoms with Gasteiger partial charge in [-0.05, 0) is 47.9 Å². The molecule has 9 heteroatoms. The predicted molar refractivity (Wildman–Crippen MR) is 121 cm³/mol. The summed E-state index contributed by atoms with van der Waals surface area (Å²) in [6.45, 7) is -1.07. The number of nitrogens with zero attached hydrogens (tertiary/aromatic N) is 2. The fraction of sp³-hybridized carbons (Fsp3) is 0.120. The molecule has 0 aliphatic rings. The predicted octanol–water partition coefficient (Wildman–Crippen LogP) is 3.42. The highest BCUT2D eigenvalue weighted by atomic mass is 19.1. The number of carbonyl (C=O) groups excluding carboxylic acids is 2. The number of aromatic nitrogens is 2. The average Bonchev–Trinajstić information content (AvgIpc) is 3.20. The van der Waals surface area contributed by atoms with E-state index < -0.39 is 36.6 Å². The highest BCUT2D eigenvalue weighted by Crippen LogP contribution is 2.19. The van der Waals surface area contributed by atoms with Crippen LogP contribution in [-0.4, -0.2) is 28.3 Å². The quantitative estimate of drug-likeness (QED) is 0.404. The highest BCUT2D eigenvalue weighted by Gasteiger charge is 2.16. The van der Waals surface area contributed by atoms with Gasteiger partial charge in [-0.15, -0.1) is 5.10 Å². The van der Waals surface area contributed by atoms with Crippen LogP contribution in [0.15, 0.2) is 88.1 Å². The van der Waals surface area contributed by atoms with E-state index in [0.29, 0.717) is 17.7 Å². The Kier molecular flexibility index (Phi) is 6.92. The summed E-state index contributed by atoms with van der Waals surface area (Å²) in [5, 5.41) is 6.65. The molecule has 0 fully saturated rings. The lowest BCUT2D eigenvalue weighted by molar-refractivity contribution is -0.148. The molecule has 0 atom stereocenters. The van der Waals surface area contributed by atoms with E-state index in [9.17, 15) is 18.8 Å². The topological polar surface area (TPSA) is 103 Å². The molecule has 34 heavy (non-hydrogen) atoms. The monoisotopic (exact) mass is 461 g/mol. The lowest BCUT2D eigenvalue weighted by Gasteiger charge is -2.11. The van der Waals surface area contributed by atoms with Gasteiger partial charge in [0.25, 0.3) is 5.91 Å². The van der Waals surface area contributed by atoms with Crippen LogP contribution in [0.2, 0.25) is 0 Å². The summed E-state index contributed by atoms with van der Waals surface area (Å²) in [7, 11) is 0. The average molecular weight is 461 g/mol. The molecular weight excluding hydrogens is 441 g/mol. The first-order valence-electron chi connectivity index (χ1n) is 10.4. The van der Waals surface area contributed by atoms with Crippen LogP contribution >= 0.6 is 0 Å². The molecular formula is C25H20FN3O5. The number of benzene rings is 3. The van der Waals surface area contributed by atoms with Crippen LogP contribution in [0.5, 0.6) is 0 Å². The molecule has 1 N–H and O–H groups in total. The molecule has 4 rings (SSSR count). The largest absolute Gasteiger partial charge is 0.454 e. The van der Waals surface area contributed by atoms with Crippen molar-refractivity contribution in [2.24, 2.45) is 0 Å². The van der Waals surface area contributed by atoms with Crippen molar-refractivity contribution in [3.05, 3.63) is 106 Å². The number of esters is 1. The van der Waals surface area contributed by atoms with Crippen molar-refractivity contribution in [2.75, 3.05) is 11.9 Å². The van der Waals surface area contributed by atoms with Crippen LogP contribution in [-0.2, 0) is 27.3 Å². The van der Waals surface area contributed by atoms with E-state index in [4.69, 9.17) is 9.15 Å². The minimum Gasteiger partial charge on any atom is -0.454 e. The zero-order valence-electron chi connectivity index (χ0n) is 17.9. The Hall–Kier alpha value is -4.53. The molecule has 0 radical (unpaired) electrons. The molecule has 8 nitrogen and oxygen atoms in total. The van der Waals surface area contributed by atoms with Crippen molar-refractivity contribution in [3.63, 3.8) is 0 Å². The zero-order chi connectivity index (χ0) is 23.9. The number of nitrogens with one attached hydrogen (secondary N) is 1. The number of para-hydroxylation sites is 1. The highest BCUT2D eigenvalue weighted by molar-refractivity contribution is 5.93. The molecule has 3 aromatic carbocycles. The Morgan fingerprint density at radius 2 is 1.68 bits per heavy atom. The summed E-state index contributed by atoms with van der Waals surface area (Å²) in [6, 6.07) is 22.3. The van der Waals surface area contributed by atoms with Gasteiger partial charge in [0, 0.05) is 11.3 Å². The summed E-state index contributed by atoms with van der Waals surface area (Å²) < 4.78 is 23.8. The van der Waals surface area contributed by atoms with Crippen LogP contribution < -0.4 is 11.1 Å². The number of carbonyl (C=O) groups is 2. The van der Waals surface area contributed by atoms with Crippen LogP contribution in [0, 0.1) is 5.82 Å². The second-order valence-corrected chi connectivity index (χ2v) is 7.37. The molecule has 0 unspecified atom stereocenters. The fourth-order valence-corrected chi connectivity index (χ4v) is 3.23. The molecule has 0 spiro atoms. The van der Waals surface area contributed by atoms with Crippen molar-refractivity contribution in [1.29, 1.82) is 0 Å². The van der Waals surface area contributed by atoms with Crippen molar-refractivity contribution < 1.29 is 23.1 Å². The Bertz CT molecular complexity index is 1350. The van der Waals surface area contributed by atoms with Gasteiger partial charge in [-0.3, -0.25) is 9.59 Å². The third-order valence-corrected chi connectivity index (χ3v) is 4.87. The minimum atomic E-state index is -0.879. The zero-order valence-corrected chi connectivity index (χ0v) is 17.9. The van der Waals surface area contributed by atoms with Crippen LogP contribution in [0.3, 0.4) is 0 Å². The maximum absolute atomic E-state index is 13.1. The Morgan fingerprint density at radius 1 is 0.971 bits per heavy atom. The summed E-state index contributed by atoms with van der Waals surface area (Å²) in [5.41, 5.74) is 2.99. The number of hydrogen-bond donors (Lipinski definition) is 1. The van der Waals surface area contributed by atoms with Gasteiger partial charge >= 0.3 is 11.7 Å². The first-order chi connectivity index (χ1) is 16.5. The molecule has 172 valence electrons. The van der Waals surface area contributed by atoms with E-state index in [-0.39, 0.29) is 5.89 Å². The van der Waals surface area contributed by atoms with E-state index in [0.717, 1.165) is 15.8 Å². The van der Waals surface area contributed by atoms with Crippen LogP contribution in [0.25, 0.3) is 11.5 Å². The second-order valence-electron chi connectivity index (χ2n) is 7.37. The SMILES string of the molecule is O=C(COC(=O)Cn1nc(-c2ccc(F)cc2)oc1=O)Nc1ccccc1Cc1ccccc1.